The second-order valence-electron chi connectivity index (χ2n) is 2.58. The van der Waals surface area contributed by atoms with Crippen molar-refractivity contribution in [2.75, 3.05) is 13.1 Å². The first-order valence-electron chi connectivity index (χ1n) is 3.72. The number of nitrogens with zero attached hydrogens (tertiary/aromatic N) is 1. The van der Waals surface area contributed by atoms with Crippen molar-refractivity contribution >= 4 is 18.5 Å². The molecule has 0 spiro atoms. The van der Waals surface area contributed by atoms with Crippen molar-refractivity contribution in [1.82, 2.24) is 4.90 Å². The van der Waals surface area contributed by atoms with Crippen LogP contribution in [0.1, 0.15) is 19.8 Å². The van der Waals surface area contributed by atoms with Crippen LogP contribution in [0.25, 0.3) is 0 Å². The van der Waals surface area contributed by atoms with E-state index in [4.69, 9.17) is 0 Å². The maximum Gasteiger partial charge on any atom is 0.235 e. The Bertz CT molecular complexity index is 138. The highest BCUT2D eigenvalue weighted by molar-refractivity contribution is 7.81. The van der Waals surface area contributed by atoms with Crippen molar-refractivity contribution in [3.05, 3.63) is 0 Å². The fourth-order valence-corrected chi connectivity index (χ4v) is 1.58. The van der Waals surface area contributed by atoms with Gasteiger partial charge < -0.3 is 4.90 Å². The Morgan fingerprint density at radius 2 is 2.50 bits per heavy atom. The molecule has 1 aliphatic heterocycles. The van der Waals surface area contributed by atoms with Gasteiger partial charge in [0.2, 0.25) is 5.91 Å². The number of amides is 1. The molecule has 1 rings (SSSR count). The van der Waals surface area contributed by atoms with E-state index in [2.05, 4.69) is 12.6 Å². The molecule has 10 heavy (non-hydrogen) atoms. The summed E-state index contributed by atoms with van der Waals surface area (Å²) in [5.74, 6) is 0.206. The van der Waals surface area contributed by atoms with Crippen LogP contribution in [-0.4, -0.2) is 29.1 Å². The van der Waals surface area contributed by atoms with E-state index in [0.717, 1.165) is 25.9 Å². The van der Waals surface area contributed by atoms with Gasteiger partial charge in [-0.25, -0.2) is 0 Å². The summed E-state index contributed by atoms with van der Waals surface area (Å²) in [7, 11) is 0. The number of hydrogen-bond donors (Lipinski definition) is 1. The first-order valence-corrected chi connectivity index (χ1v) is 4.24. The lowest BCUT2D eigenvalue weighted by atomic mass is 10.1. The van der Waals surface area contributed by atoms with E-state index in [1.165, 1.54) is 0 Å². The third kappa shape index (κ3) is 1.45. The van der Waals surface area contributed by atoms with Gasteiger partial charge in [0, 0.05) is 13.1 Å². The molecule has 0 unspecified atom stereocenters. The predicted molar refractivity (Wildman–Crippen MR) is 44.3 cm³/mol. The fraction of sp³-hybridized carbons (Fsp3) is 0.857. The molecule has 0 saturated carbocycles. The van der Waals surface area contributed by atoms with Gasteiger partial charge in [-0.3, -0.25) is 4.79 Å². The smallest absolute Gasteiger partial charge is 0.235 e. The highest BCUT2D eigenvalue weighted by Gasteiger charge is 2.23. The summed E-state index contributed by atoms with van der Waals surface area (Å²) >= 11 is 4.18. The molecule has 1 amide bonds. The van der Waals surface area contributed by atoms with Crippen LogP contribution >= 0.6 is 12.6 Å². The molecule has 0 N–H and O–H groups in total. The van der Waals surface area contributed by atoms with Crippen LogP contribution in [0.2, 0.25) is 0 Å². The lowest BCUT2D eigenvalue weighted by Gasteiger charge is -2.28. The number of carbonyl (C=O) groups is 1. The second kappa shape index (κ2) is 3.28. The van der Waals surface area contributed by atoms with Gasteiger partial charge in [-0.15, -0.1) is 0 Å². The van der Waals surface area contributed by atoms with E-state index in [1.807, 2.05) is 11.8 Å². The Hall–Kier alpha value is -0.180. The van der Waals surface area contributed by atoms with Gasteiger partial charge in [0.25, 0.3) is 0 Å². The molecule has 1 fully saturated rings. The van der Waals surface area contributed by atoms with E-state index in [-0.39, 0.29) is 11.2 Å². The first kappa shape index (κ1) is 7.92. The molecule has 0 aliphatic carbocycles. The highest BCUT2D eigenvalue weighted by atomic mass is 32.1. The van der Waals surface area contributed by atoms with E-state index in [9.17, 15) is 4.79 Å². The maximum absolute atomic E-state index is 11.2. The van der Waals surface area contributed by atoms with Gasteiger partial charge in [-0.1, -0.05) is 0 Å². The van der Waals surface area contributed by atoms with E-state index >= 15 is 0 Å². The molecule has 3 heteroatoms. The molecule has 0 aromatic rings. The van der Waals surface area contributed by atoms with Crippen LogP contribution < -0.4 is 0 Å². The summed E-state index contributed by atoms with van der Waals surface area (Å²) < 4.78 is 0. The van der Waals surface area contributed by atoms with Crippen LogP contribution in [0.3, 0.4) is 0 Å². The van der Waals surface area contributed by atoms with Gasteiger partial charge in [0.05, 0.1) is 5.25 Å². The van der Waals surface area contributed by atoms with Crippen molar-refractivity contribution in [3.63, 3.8) is 0 Å². The molecule has 58 valence electrons. The number of carbonyl (C=O) groups excluding carboxylic acids is 1. The SMILES string of the molecule is CCN1CCC[C@@H](S)C1=O. The second-order valence-corrected chi connectivity index (χ2v) is 3.20. The summed E-state index contributed by atoms with van der Waals surface area (Å²) in [4.78, 5) is 13.1. The third-order valence-electron chi connectivity index (χ3n) is 1.88. The minimum Gasteiger partial charge on any atom is -0.342 e. The first-order chi connectivity index (χ1) is 4.75. The lowest BCUT2D eigenvalue weighted by molar-refractivity contribution is -0.132. The van der Waals surface area contributed by atoms with Gasteiger partial charge in [0.1, 0.15) is 0 Å². The van der Waals surface area contributed by atoms with Crippen LogP contribution in [0.5, 0.6) is 0 Å². The number of likely N-dealkylation sites (tertiary alicyclic amines) is 1. The van der Waals surface area contributed by atoms with Crippen LogP contribution in [0, 0.1) is 0 Å². The Kier molecular flexibility index (Phi) is 2.60. The predicted octanol–water partition coefficient (Wildman–Crippen LogP) is 0.927. The van der Waals surface area contributed by atoms with Crippen molar-refractivity contribution < 1.29 is 4.79 Å². The summed E-state index contributed by atoms with van der Waals surface area (Å²) in [6.07, 6.45) is 2.05. The monoisotopic (exact) mass is 159 g/mol. The summed E-state index contributed by atoms with van der Waals surface area (Å²) in [5.41, 5.74) is 0. The number of thiol groups is 1. The molecule has 1 heterocycles. The summed E-state index contributed by atoms with van der Waals surface area (Å²) in [6, 6.07) is 0. The van der Waals surface area contributed by atoms with E-state index < -0.39 is 0 Å². The average molecular weight is 159 g/mol. The molecular weight excluding hydrogens is 146 g/mol. The Labute approximate surface area is 67.0 Å². The normalized spacial score (nSPS) is 27.2. The fourth-order valence-electron chi connectivity index (χ4n) is 1.23. The molecule has 0 aromatic heterocycles. The Morgan fingerprint density at radius 1 is 1.80 bits per heavy atom. The molecule has 0 aromatic carbocycles. The molecule has 2 nitrogen and oxygen atoms in total. The molecule has 1 atom stereocenters. The van der Waals surface area contributed by atoms with E-state index in [1.54, 1.807) is 0 Å². The molecular formula is C7H13NOS. The minimum absolute atomic E-state index is 0.0336. The zero-order chi connectivity index (χ0) is 7.56. The van der Waals surface area contributed by atoms with Gasteiger partial charge in [0.15, 0.2) is 0 Å². The van der Waals surface area contributed by atoms with E-state index in [0.29, 0.717) is 0 Å². The lowest BCUT2D eigenvalue weighted by Crippen LogP contribution is -2.41. The zero-order valence-electron chi connectivity index (χ0n) is 6.21. The van der Waals surface area contributed by atoms with Crippen LogP contribution in [0.4, 0.5) is 0 Å². The summed E-state index contributed by atoms with van der Waals surface area (Å²) in [6.45, 7) is 3.76. The number of piperidine rings is 1. The van der Waals surface area contributed by atoms with Crippen molar-refractivity contribution in [3.8, 4) is 0 Å². The molecule has 1 aliphatic rings. The third-order valence-corrected chi connectivity index (χ3v) is 2.36. The average Bonchev–Trinajstić information content (AvgIpc) is 1.95. The molecule has 1 saturated heterocycles. The highest BCUT2D eigenvalue weighted by Crippen LogP contribution is 2.15. The van der Waals surface area contributed by atoms with Crippen molar-refractivity contribution in [1.29, 1.82) is 0 Å². The van der Waals surface area contributed by atoms with Gasteiger partial charge in [-0.05, 0) is 19.8 Å². The number of hydrogen-bond acceptors (Lipinski definition) is 2. The van der Waals surface area contributed by atoms with Crippen LogP contribution in [-0.2, 0) is 4.79 Å². The summed E-state index contributed by atoms with van der Waals surface area (Å²) in [5, 5.41) is -0.0336. The standard InChI is InChI=1S/C7H13NOS/c1-2-8-5-3-4-6(10)7(8)9/h6,10H,2-5H2,1H3/t6-/m1/s1. The van der Waals surface area contributed by atoms with Gasteiger partial charge >= 0.3 is 0 Å². The van der Waals surface area contributed by atoms with Crippen molar-refractivity contribution in [2.45, 2.75) is 25.0 Å². The largest absolute Gasteiger partial charge is 0.342 e. The van der Waals surface area contributed by atoms with Gasteiger partial charge in [-0.2, -0.15) is 12.6 Å². The number of rotatable bonds is 1. The topological polar surface area (TPSA) is 20.3 Å². The maximum atomic E-state index is 11.2. The Morgan fingerprint density at radius 3 is 3.00 bits per heavy atom. The Balaban J connectivity index is 2.51. The molecule has 0 bridgehead atoms. The van der Waals surface area contributed by atoms with Crippen molar-refractivity contribution in [2.24, 2.45) is 0 Å². The zero-order valence-corrected chi connectivity index (χ0v) is 7.10. The molecule has 0 radical (unpaired) electrons. The minimum atomic E-state index is -0.0336. The quantitative estimate of drug-likeness (QED) is 0.564. The van der Waals surface area contributed by atoms with Crippen LogP contribution in [0.15, 0.2) is 0 Å².